The molecule has 0 spiro atoms. The van der Waals surface area contributed by atoms with Crippen molar-refractivity contribution in [3.8, 4) is 11.1 Å². The van der Waals surface area contributed by atoms with Gasteiger partial charge in [0.1, 0.15) is 29.6 Å². The molecule has 1 aliphatic rings. The molecule has 0 unspecified atom stereocenters. The fourth-order valence-electron chi connectivity index (χ4n) is 5.86. The van der Waals surface area contributed by atoms with Gasteiger partial charge in [0.05, 0.1) is 6.54 Å². The number of anilines is 1. The summed E-state index contributed by atoms with van der Waals surface area (Å²) in [4.78, 5) is 54.1. The molecule has 0 aliphatic carbocycles. The SMILES string of the molecule is CC(C)(C)OC(=O)NCc1ccccc1-c1ccc(CN2C(=O)[C@H](NC(=O)C(C)(C)NC(=O)OCc3ccccc3)CCc3cc(F)ccc32)cc1. The van der Waals surface area contributed by atoms with Crippen LogP contribution in [0.5, 0.6) is 0 Å². The Bertz CT molecular complexity index is 1910. The van der Waals surface area contributed by atoms with Gasteiger partial charge in [-0.2, -0.15) is 0 Å². The minimum absolute atomic E-state index is 0.0358. The number of hydrogen-bond donors (Lipinski definition) is 3. The van der Waals surface area contributed by atoms with Crippen molar-refractivity contribution in [2.75, 3.05) is 4.90 Å². The third-order valence-corrected chi connectivity index (χ3v) is 8.54. The van der Waals surface area contributed by atoms with E-state index >= 15 is 0 Å². The van der Waals surface area contributed by atoms with Crippen molar-refractivity contribution >= 4 is 29.7 Å². The number of nitrogens with zero attached hydrogens (tertiary/aromatic N) is 1. The van der Waals surface area contributed by atoms with E-state index in [0.29, 0.717) is 17.7 Å². The third kappa shape index (κ3) is 9.96. The maximum absolute atomic E-state index is 14.4. The molecule has 0 saturated carbocycles. The molecule has 0 fully saturated rings. The third-order valence-electron chi connectivity index (χ3n) is 8.54. The molecule has 0 saturated heterocycles. The second-order valence-electron chi connectivity index (χ2n) is 14.3. The summed E-state index contributed by atoms with van der Waals surface area (Å²) in [6, 6.07) is 28.0. The fourth-order valence-corrected chi connectivity index (χ4v) is 5.86. The molecular weight excluding hydrogens is 663 g/mol. The van der Waals surface area contributed by atoms with Crippen LogP contribution in [0.4, 0.5) is 19.7 Å². The maximum Gasteiger partial charge on any atom is 0.408 e. The van der Waals surface area contributed by atoms with Crippen LogP contribution in [0.25, 0.3) is 11.1 Å². The molecule has 5 rings (SSSR count). The van der Waals surface area contributed by atoms with E-state index in [1.54, 1.807) is 11.0 Å². The van der Waals surface area contributed by atoms with E-state index in [1.807, 2.05) is 99.6 Å². The highest BCUT2D eigenvalue weighted by Gasteiger charge is 2.37. The molecule has 4 aromatic rings. The second kappa shape index (κ2) is 16.1. The zero-order valence-corrected chi connectivity index (χ0v) is 30.1. The Morgan fingerprint density at radius 1 is 0.846 bits per heavy atom. The lowest BCUT2D eigenvalue weighted by Crippen LogP contribution is -2.59. The van der Waals surface area contributed by atoms with Gasteiger partial charge in [0.25, 0.3) is 0 Å². The van der Waals surface area contributed by atoms with E-state index in [2.05, 4.69) is 16.0 Å². The van der Waals surface area contributed by atoms with Gasteiger partial charge >= 0.3 is 12.2 Å². The van der Waals surface area contributed by atoms with Crippen molar-refractivity contribution in [3.63, 3.8) is 0 Å². The zero-order valence-electron chi connectivity index (χ0n) is 30.1. The van der Waals surface area contributed by atoms with Crippen LogP contribution in [0.3, 0.4) is 0 Å². The van der Waals surface area contributed by atoms with Crippen LogP contribution in [0, 0.1) is 5.82 Å². The monoisotopic (exact) mass is 708 g/mol. The van der Waals surface area contributed by atoms with E-state index < -0.39 is 41.1 Å². The van der Waals surface area contributed by atoms with E-state index in [9.17, 15) is 23.6 Å². The molecule has 3 N–H and O–H groups in total. The molecule has 0 bridgehead atoms. The van der Waals surface area contributed by atoms with Crippen molar-refractivity contribution in [2.45, 2.75) is 84.3 Å². The Kier molecular flexibility index (Phi) is 11.6. The van der Waals surface area contributed by atoms with Crippen LogP contribution in [0.1, 0.15) is 63.3 Å². The molecule has 10 nitrogen and oxygen atoms in total. The first-order valence-corrected chi connectivity index (χ1v) is 17.2. The predicted octanol–water partition coefficient (Wildman–Crippen LogP) is 7.19. The topological polar surface area (TPSA) is 126 Å². The number of alkyl carbamates (subject to hydrolysis) is 2. The van der Waals surface area contributed by atoms with Gasteiger partial charge in [0.15, 0.2) is 0 Å². The molecule has 0 aromatic heterocycles. The summed E-state index contributed by atoms with van der Waals surface area (Å²) in [6.07, 6.45) is -0.693. The molecule has 1 atom stereocenters. The maximum atomic E-state index is 14.4. The van der Waals surface area contributed by atoms with Crippen molar-refractivity contribution < 1.29 is 33.0 Å². The van der Waals surface area contributed by atoms with Crippen LogP contribution in [0.2, 0.25) is 0 Å². The first-order valence-electron chi connectivity index (χ1n) is 17.2. The van der Waals surface area contributed by atoms with E-state index in [-0.39, 0.29) is 32.0 Å². The minimum Gasteiger partial charge on any atom is -0.445 e. The number of benzene rings is 4. The summed E-state index contributed by atoms with van der Waals surface area (Å²) in [5.74, 6) is -1.34. The molecule has 0 radical (unpaired) electrons. The molecule has 1 aliphatic heterocycles. The number of ether oxygens (including phenoxy) is 2. The van der Waals surface area contributed by atoms with Gasteiger partial charge in [-0.15, -0.1) is 0 Å². The zero-order chi connectivity index (χ0) is 37.5. The highest BCUT2D eigenvalue weighted by atomic mass is 19.1. The number of amides is 4. The van der Waals surface area contributed by atoms with Crippen molar-refractivity contribution in [1.82, 2.24) is 16.0 Å². The quantitative estimate of drug-likeness (QED) is 0.160. The highest BCUT2D eigenvalue weighted by molar-refractivity contribution is 6.01. The van der Waals surface area contributed by atoms with Crippen LogP contribution < -0.4 is 20.9 Å². The number of carbonyl (C=O) groups is 4. The van der Waals surface area contributed by atoms with Gasteiger partial charge < -0.3 is 30.3 Å². The lowest BCUT2D eigenvalue weighted by molar-refractivity contribution is -0.131. The normalized spacial score (nSPS) is 14.5. The Labute approximate surface area is 303 Å². The van der Waals surface area contributed by atoms with Crippen molar-refractivity contribution in [3.05, 3.63) is 125 Å². The minimum atomic E-state index is -1.40. The first kappa shape index (κ1) is 37.5. The van der Waals surface area contributed by atoms with E-state index in [4.69, 9.17) is 9.47 Å². The lowest BCUT2D eigenvalue weighted by atomic mass is 9.98. The molecule has 1 heterocycles. The largest absolute Gasteiger partial charge is 0.445 e. The Hall–Kier alpha value is -5.71. The molecule has 4 amide bonds. The van der Waals surface area contributed by atoms with Crippen molar-refractivity contribution in [2.24, 2.45) is 0 Å². The molecular formula is C41H45FN4O6. The fraction of sp³-hybridized carbons (Fsp3) is 0.317. The van der Waals surface area contributed by atoms with Gasteiger partial charge in [0, 0.05) is 12.2 Å². The molecule has 272 valence electrons. The molecule has 52 heavy (non-hydrogen) atoms. The Balaban J connectivity index is 1.29. The number of carbonyl (C=O) groups excluding carboxylic acids is 4. The van der Waals surface area contributed by atoms with Crippen LogP contribution in [-0.2, 0) is 45.2 Å². The predicted molar refractivity (Wildman–Crippen MR) is 197 cm³/mol. The smallest absolute Gasteiger partial charge is 0.408 e. The van der Waals surface area contributed by atoms with Gasteiger partial charge in [0.2, 0.25) is 11.8 Å². The van der Waals surface area contributed by atoms with Gasteiger partial charge in [-0.3, -0.25) is 9.59 Å². The summed E-state index contributed by atoms with van der Waals surface area (Å²) in [5, 5.41) is 8.24. The Morgan fingerprint density at radius 2 is 1.54 bits per heavy atom. The van der Waals surface area contributed by atoms with E-state index in [1.165, 1.54) is 26.0 Å². The molecule has 11 heteroatoms. The van der Waals surface area contributed by atoms with Crippen LogP contribution in [0.15, 0.2) is 97.1 Å². The van der Waals surface area contributed by atoms with Crippen LogP contribution >= 0.6 is 0 Å². The highest BCUT2D eigenvalue weighted by Crippen LogP contribution is 2.31. The summed E-state index contributed by atoms with van der Waals surface area (Å²) < 4.78 is 25.1. The summed E-state index contributed by atoms with van der Waals surface area (Å²) in [7, 11) is 0. The number of rotatable bonds is 10. The van der Waals surface area contributed by atoms with Gasteiger partial charge in [-0.05, 0) is 99.0 Å². The molecule has 4 aromatic carbocycles. The first-order chi connectivity index (χ1) is 24.7. The van der Waals surface area contributed by atoms with E-state index in [0.717, 1.165) is 27.8 Å². The Morgan fingerprint density at radius 3 is 2.25 bits per heavy atom. The number of aryl methyl sites for hydroxylation is 1. The summed E-state index contributed by atoms with van der Waals surface area (Å²) in [5.41, 5.74) is 3.55. The standard InChI is InChI=1S/C41H45FN4O6/c1-40(2,3)52-38(49)43-24-31-13-9-10-14-33(31)29-17-15-27(16-18-29)25-46-35-22-20-32(42)23-30(35)19-21-34(36(46)47)44-37(48)41(4,5)45-39(50)51-26-28-11-7-6-8-12-28/h6-18,20,22-23,34H,19,21,24-26H2,1-5H3,(H,43,49)(H,44,48)(H,45,50)/t34-/m1/s1. The number of fused-ring (bicyclic) bond motifs is 1. The van der Waals surface area contributed by atoms with Crippen molar-refractivity contribution in [1.29, 1.82) is 0 Å². The average Bonchev–Trinajstić information content (AvgIpc) is 3.22. The number of hydrogen-bond acceptors (Lipinski definition) is 6. The number of nitrogens with one attached hydrogen (secondary N) is 3. The van der Waals surface area contributed by atoms with Crippen LogP contribution in [-0.4, -0.2) is 41.2 Å². The summed E-state index contributed by atoms with van der Waals surface area (Å²) >= 11 is 0. The summed E-state index contributed by atoms with van der Waals surface area (Å²) in [6.45, 7) is 8.96. The average molecular weight is 709 g/mol. The number of halogens is 1. The van der Waals surface area contributed by atoms with Gasteiger partial charge in [-0.25, -0.2) is 14.0 Å². The van der Waals surface area contributed by atoms with Gasteiger partial charge in [-0.1, -0.05) is 78.9 Å². The lowest BCUT2D eigenvalue weighted by Gasteiger charge is -2.30. The second-order valence-corrected chi connectivity index (χ2v) is 14.3.